The highest BCUT2D eigenvalue weighted by Gasteiger charge is 2.15. The summed E-state index contributed by atoms with van der Waals surface area (Å²) in [6.45, 7) is 0.482. The quantitative estimate of drug-likeness (QED) is 0.338. The summed E-state index contributed by atoms with van der Waals surface area (Å²) in [6.07, 6.45) is 0. The zero-order valence-corrected chi connectivity index (χ0v) is 17.4. The van der Waals surface area contributed by atoms with Gasteiger partial charge in [0.05, 0.1) is 17.4 Å². The first-order valence-corrected chi connectivity index (χ1v) is 9.99. The van der Waals surface area contributed by atoms with E-state index in [0.29, 0.717) is 23.3 Å². The Labute approximate surface area is 173 Å². The Bertz CT molecular complexity index is 1160. The van der Waals surface area contributed by atoms with Crippen LogP contribution in [0.3, 0.4) is 0 Å². The number of benzene rings is 3. The topological polar surface area (TPSA) is 34.9 Å². The lowest BCUT2D eigenvalue weighted by Crippen LogP contribution is -2.24. The fourth-order valence-electron chi connectivity index (χ4n) is 2.95. The van der Waals surface area contributed by atoms with E-state index in [1.54, 1.807) is 4.57 Å². The zero-order valence-electron chi connectivity index (χ0n) is 13.7. The van der Waals surface area contributed by atoms with Crippen molar-refractivity contribution in [2.24, 2.45) is 0 Å². The molecule has 3 aromatic carbocycles. The Morgan fingerprint density at radius 1 is 0.962 bits per heavy atom. The second kappa shape index (κ2) is 7.32. The molecule has 1 heterocycles. The molecular weight excluding hydrogens is 503 g/mol. The summed E-state index contributed by atoms with van der Waals surface area (Å²) in [4.78, 5) is 18.1. The highest BCUT2D eigenvalue weighted by molar-refractivity contribution is 14.1. The van der Waals surface area contributed by atoms with Crippen molar-refractivity contribution in [3.05, 3.63) is 96.8 Å². The molecule has 0 radical (unpaired) electrons. The fourth-order valence-corrected chi connectivity index (χ4v) is 3.94. The largest absolute Gasteiger partial charge is 0.288 e. The van der Waals surface area contributed by atoms with Gasteiger partial charge in [0.15, 0.2) is 0 Å². The van der Waals surface area contributed by atoms with Crippen LogP contribution in [0.5, 0.6) is 0 Å². The van der Waals surface area contributed by atoms with Crippen LogP contribution in [0.4, 0.5) is 0 Å². The van der Waals surface area contributed by atoms with Crippen molar-refractivity contribution < 1.29 is 0 Å². The van der Waals surface area contributed by atoms with Crippen LogP contribution in [-0.2, 0) is 6.54 Å². The molecule has 0 saturated carbocycles. The van der Waals surface area contributed by atoms with E-state index in [4.69, 9.17) is 4.98 Å². The smallest absolute Gasteiger partial charge is 0.262 e. The molecule has 0 amide bonds. The molecule has 5 heteroatoms. The van der Waals surface area contributed by atoms with Gasteiger partial charge in [0.25, 0.3) is 5.56 Å². The van der Waals surface area contributed by atoms with Crippen LogP contribution < -0.4 is 5.56 Å². The Morgan fingerprint density at radius 3 is 2.46 bits per heavy atom. The number of rotatable bonds is 3. The normalized spacial score (nSPS) is 11.0. The molecular formula is C21H14BrIN2O. The van der Waals surface area contributed by atoms with Crippen LogP contribution in [0.1, 0.15) is 5.56 Å². The molecule has 0 fully saturated rings. The summed E-state index contributed by atoms with van der Waals surface area (Å²) in [5, 5.41) is 0.616. The van der Waals surface area contributed by atoms with Crippen LogP contribution in [0.2, 0.25) is 0 Å². The van der Waals surface area contributed by atoms with Crippen molar-refractivity contribution in [1.82, 2.24) is 9.55 Å². The van der Waals surface area contributed by atoms with Crippen molar-refractivity contribution in [1.29, 1.82) is 0 Å². The third-order valence-corrected chi connectivity index (χ3v) is 5.65. The minimum Gasteiger partial charge on any atom is -0.288 e. The molecule has 26 heavy (non-hydrogen) atoms. The number of hydrogen-bond acceptors (Lipinski definition) is 2. The van der Waals surface area contributed by atoms with E-state index in [1.165, 1.54) is 0 Å². The van der Waals surface area contributed by atoms with Gasteiger partial charge in [0, 0.05) is 13.6 Å². The van der Waals surface area contributed by atoms with Crippen LogP contribution in [0, 0.1) is 3.57 Å². The van der Waals surface area contributed by atoms with Gasteiger partial charge < -0.3 is 0 Å². The van der Waals surface area contributed by atoms with Gasteiger partial charge in [0.2, 0.25) is 0 Å². The van der Waals surface area contributed by atoms with Gasteiger partial charge in [-0.2, -0.15) is 0 Å². The predicted octanol–water partition coefficient (Wildman–Crippen LogP) is 5.48. The summed E-state index contributed by atoms with van der Waals surface area (Å²) < 4.78 is 3.70. The number of nitrogens with zero attached hydrogens (tertiary/aromatic N) is 2. The van der Waals surface area contributed by atoms with Crippen LogP contribution in [-0.4, -0.2) is 9.55 Å². The van der Waals surface area contributed by atoms with Gasteiger partial charge in [-0.1, -0.05) is 64.5 Å². The maximum absolute atomic E-state index is 13.3. The molecule has 0 spiro atoms. The average Bonchev–Trinajstić information content (AvgIpc) is 2.66. The molecule has 3 nitrogen and oxygen atoms in total. The minimum atomic E-state index is -0.0326. The lowest BCUT2D eigenvalue weighted by atomic mass is 10.1. The molecule has 0 unspecified atom stereocenters. The van der Waals surface area contributed by atoms with Gasteiger partial charge in [-0.3, -0.25) is 9.36 Å². The van der Waals surface area contributed by atoms with Gasteiger partial charge >= 0.3 is 0 Å². The van der Waals surface area contributed by atoms with Gasteiger partial charge in [-0.15, -0.1) is 0 Å². The Morgan fingerprint density at radius 2 is 1.69 bits per heavy atom. The standard InChI is InChI=1S/C21H14BrIN2O/c22-15-10-11-19-17(12-15)21(26)25(13-14-6-2-1-3-7-14)20(24-19)16-8-4-5-9-18(16)23/h1-12H,13H2. The Hall–Kier alpha value is -1.99. The molecule has 0 atom stereocenters. The number of hydrogen-bond donors (Lipinski definition) is 0. The molecule has 0 bridgehead atoms. The van der Waals surface area contributed by atoms with Gasteiger partial charge in [0.1, 0.15) is 5.82 Å². The van der Waals surface area contributed by atoms with E-state index < -0.39 is 0 Å². The molecule has 4 aromatic rings. The minimum absolute atomic E-state index is 0.0326. The first-order chi connectivity index (χ1) is 12.6. The van der Waals surface area contributed by atoms with E-state index in [1.807, 2.05) is 72.8 Å². The van der Waals surface area contributed by atoms with E-state index in [9.17, 15) is 4.79 Å². The number of fused-ring (bicyclic) bond motifs is 1. The third kappa shape index (κ3) is 3.33. The monoisotopic (exact) mass is 516 g/mol. The van der Waals surface area contributed by atoms with Crippen molar-refractivity contribution in [2.75, 3.05) is 0 Å². The summed E-state index contributed by atoms with van der Waals surface area (Å²) in [5.41, 5.74) is 2.70. The summed E-state index contributed by atoms with van der Waals surface area (Å²) in [7, 11) is 0. The molecule has 1 aromatic heterocycles. The molecule has 4 rings (SSSR count). The van der Waals surface area contributed by atoms with E-state index in [2.05, 4.69) is 38.5 Å². The average molecular weight is 517 g/mol. The Balaban J connectivity index is 2.02. The fraction of sp³-hybridized carbons (Fsp3) is 0.0476. The lowest BCUT2D eigenvalue weighted by molar-refractivity contribution is 0.759. The second-order valence-electron chi connectivity index (χ2n) is 5.95. The van der Waals surface area contributed by atoms with Crippen LogP contribution in [0.15, 0.2) is 82.1 Å². The van der Waals surface area contributed by atoms with Crippen LogP contribution in [0.25, 0.3) is 22.3 Å². The molecule has 0 aliphatic heterocycles. The first kappa shape index (κ1) is 17.4. The second-order valence-corrected chi connectivity index (χ2v) is 8.03. The van der Waals surface area contributed by atoms with Crippen molar-refractivity contribution >= 4 is 49.4 Å². The van der Waals surface area contributed by atoms with Crippen molar-refractivity contribution in [3.63, 3.8) is 0 Å². The van der Waals surface area contributed by atoms with Crippen LogP contribution >= 0.6 is 38.5 Å². The molecule has 0 aliphatic carbocycles. The van der Waals surface area contributed by atoms with E-state index in [0.717, 1.165) is 19.2 Å². The zero-order chi connectivity index (χ0) is 18.1. The van der Waals surface area contributed by atoms with Gasteiger partial charge in [-0.25, -0.2) is 4.98 Å². The Kier molecular flexibility index (Phi) is 4.91. The summed E-state index contributed by atoms with van der Waals surface area (Å²) >= 11 is 5.75. The van der Waals surface area contributed by atoms with Crippen molar-refractivity contribution in [2.45, 2.75) is 6.54 Å². The predicted molar refractivity (Wildman–Crippen MR) is 117 cm³/mol. The third-order valence-electron chi connectivity index (χ3n) is 4.21. The summed E-state index contributed by atoms with van der Waals surface area (Å²) in [6, 6.07) is 23.6. The molecule has 0 saturated heterocycles. The number of aromatic nitrogens is 2. The van der Waals surface area contributed by atoms with Crippen molar-refractivity contribution in [3.8, 4) is 11.4 Å². The van der Waals surface area contributed by atoms with Gasteiger partial charge in [-0.05, 0) is 52.4 Å². The van der Waals surface area contributed by atoms with E-state index in [-0.39, 0.29) is 5.56 Å². The van der Waals surface area contributed by atoms with E-state index >= 15 is 0 Å². The maximum atomic E-state index is 13.3. The maximum Gasteiger partial charge on any atom is 0.262 e. The number of halogens is 2. The molecule has 0 N–H and O–H groups in total. The SMILES string of the molecule is O=c1c2cc(Br)ccc2nc(-c2ccccc2I)n1Cc1ccccc1. The molecule has 128 valence electrons. The first-order valence-electron chi connectivity index (χ1n) is 8.12. The highest BCUT2D eigenvalue weighted by Crippen LogP contribution is 2.25. The highest BCUT2D eigenvalue weighted by atomic mass is 127. The summed E-state index contributed by atoms with van der Waals surface area (Å²) in [5.74, 6) is 0.693. The molecule has 0 aliphatic rings. The lowest BCUT2D eigenvalue weighted by Gasteiger charge is -2.15.